The maximum absolute atomic E-state index is 12.9. The van der Waals surface area contributed by atoms with Gasteiger partial charge in [-0.05, 0) is 50.1 Å². The second-order valence-corrected chi connectivity index (χ2v) is 6.34. The molecule has 0 aliphatic rings. The zero-order chi connectivity index (χ0) is 18.8. The van der Waals surface area contributed by atoms with Gasteiger partial charge in [0.1, 0.15) is 5.75 Å². The van der Waals surface area contributed by atoms with Gasteiger partial charge in [-0.25, -0.2) is 4.79 Å². The van der Waals surface area contributed by atoms with Gasteiger partial charge in [0, 0.05) is 11.6 Å². The molecule has 0 bridgehead atoms. The van der Waals surface area contributed by atoms with Crippen molar-refractivity contribution in [3.63, 3.8) is 0 Å². The Hall–Kier alpha value is -3.08. The first kappa shape index (κ1) is 17.7. The summed E-state index contributed by atoms with van der Waals surface area (Å²) in [6.07, 6.45) is 0.803. The van der Waals surface area contributed by atoms with Crippen molar-refractivity contribution in [2.75, 3.05) is 7.11 Å². The number of nitrogens with zero attached hydrogens (tertiary/aromatic N) is 1. The fourth-order valence-corrected chi connectivity index (χ4v) is 3.09. The average molecular weight is 351 g/mol. The summed E-state index contributed by atoms with van der Waals surface area (Å²) < 4.78 is 12.1. The van der Waals surface area contributed by atoms with Gasteiger partial charge in [-0.1, -0.05) is 24.3 Å². The molecule has 2 aromatic carbocycles. The fraction of sp³-hybridized carbons (Fsp3) is 0.238. The molecule has 1 heterocycles. The highest BCUT2D eigenvalue weighted by Crippen LogP contribution is 2.24. The van der Waals surface area contributed by atoms with Gasteiger partial charge in [0.25, 0.3) is 5.91 Å². The summed E-state index contributed by atoms with van der Waals surface area (Å²) in [5, 5.41) is 0.673. The number of methoxy groups -OCH3 is 1. The summed E-state index contributed by atoms with van der Waals surface area (Å²) in [7, 11) is 1.32. The summed E-state index contributed by atoms with van der Waals surface area (Å²) in [6, 6.07) is 13.1. The number of benzene rings is 2. The van der Waals surface area contributed by atoms with Crippen molar-refractivity contribution in [1.29, 1.82) is 0 Å². The van der Waals surface area contributed by atoms with Gasteiger partial charge < -0.3 is 9.47 Å². The van der Waals surface area contributed by atoms with E-state index in [9.17, 15) is 9.59 Å². The molecular formula is C21H21NO4. The van der Waals surface area contributed by atoms with Crippen LogP contribution < -0.4 is 4.74 Å². The number of para-hydroxylation sites is 1. The van der Waals surface area contributed by atoms with E-state index >= 15 is 0 Å². The zero-order valence-electron chi connectivity index (χ0n) is 15.3. The van der Waals surface area contributed by atoms with Crippen molar-refractivity contribution in [2.24, 2.45) is 0 Å². The molecule has 0 radical (unpaired) electrons. The molecule has 0 aliphatic heterocycles. The van der Waals surface area contributed by atoms with Gasteiger partial charge in [0.15, 0.2) is 6.10 Å². The number of rotatable bonds is 4. The first-order chi connectivity index (χ1) is 12.4. The minimum atomic E-state index is -0.711. The molecule has 0 aliphatic carbocycles. The Bertz CT molecular complexity index is 967. The number of aromatic nitrogens is 1. The summed E-state index contributed by atoms with van der Waals surface area (Å²) in [5.74, 6) is -0.0841. The van der Waals surface area contributed by atoms with Crippen LogP contribution >= 0.6 is 0 Å². The van der Waals surface area contributed by atoms with Crippen LogP contribution in [0.2, 0.25) is 0 Å². The van der Waals surface area contributed by atoms with Gasteiger partial charge in [0.2, 0.25) is 0 Å². The normalized spacial score (nSPS) is 12.0. The van der Waals surface area contributed by atoms with Crippen molar-refractivity contribution in [2.45, 2.75) is 26.9 Å². The van der Waals surface area contributed by atoms with Crippen molar-refractivity contribution >= 4 is 22.8 Å². The molecule has 3 aromatic rings. The molecule has 1 aromatic heterocycles. The van der Waals surface area contributed by atoms with Crippen LogP contribution in [0.4, 0.5) is 0 Å². The predicted molar refractivity (Wildman–Crippen MR) is 99.9 cm³/mol. The molecular weight excluding hydrogens is 330 g/mol. The number of fused-ring (bicyclic) bond motifs is 1. The zero-order valence-corrected chi connectivity index (χ0v) is 15.3. The molecule has 5 heteroatoms. The minimum Gasteiger partial charge on any atom is -0.481 e. The van der Waals surface area contributed by atoms with Crippen LogP contribution in [0.25, 0.3) is 10.9 Å². The van der Waals surface area contributed by atoms with Crippen molar-refractivity contribution in [3.05, 3.63) is 65.4 Å². The van der Waals surface area contributed by atoms with E-state index in [1.165, 1.54) is 17.9 Å². The van der Waals surface area contributed by atoms with Crippen LogP contribution in [0.15, 0.2) is 48.7 Å². The Morgan fingerprint density at radius 1 is 1.04 bits per heavy atom. The van der Waals surface area contributed by atoms with Gasteiger partial charge >= 0.3 is 5.97 Å². The predicted octanol–water partition coefficient (Wildman–Crippen LogP) is 4.15. The van der Waals surface area contributed by atoms with Crippen LogP contribution in [0, 0.1) is 13.8 Å². The van der Waals surface area contributed by atoms with Crippen molar-refractivity contribution in [3.8, 4) is 5.75 Å². The Labute approximate surface area is 152 Å². The lowest BCUT2D eigenvalue weighted by molar-refractivity contribution is 0.0602. The van der Waals surface area contributed by atoms with E-state index in [-0.39, 0.29) is 5.91 Å². The van der Waals surface area contributed by atoms with Crippen molar-refractivity contribution < 1.29 is 19.1 Å². The molecule has 0 fully saturated rings. The van der Waals surface area contributed by atoms with Gasteiger partial charge in [-0.15, -0.1) is 0 Å². The molecule has 5 nitrogen and oxygen atoms in total. The maximum Gasteiger partial charge on any atom is 0.340 e. The topological polar surface area (TPSA) is 57.5 Å². The molecule has 0 spiro atoms. The van der Waals surface area contributed by atoms with Gasteiger partial charge in [-0.3, -0.25) is 9.36 Å². The van der Waals surface area contributed by atoms with Crippen LogP contribution in [0.5, 0.6) is 5.75 Å². The summed E-state index contributed by atoms with van der Waals surface area (Å²) >= 11 is 0. The average Bonchev–Trinajstić information content (AvgIpc) is 2.99. The molecule has 0 N–H and O–H groups in total. The third-order valence-corrected chi connectivity index (χ3v) is 4.21. The molecule has 26 heavy (non-hydrogen) atoms. The van der Waals surface area contributed by atoms with Gasteiger partial charge in [0.05, 0.1) is 18.2 Å². The number of hydrogen-bond donors (Lipinski definition) is 0. The quantitative estimate of drug-likeness (QED) is 0.663. The highest BCUT2D eigenvalue weighted by Gasteiger charge is 2.23. The van der Waals surface area contributed by atoms with E-state index in [4.69, 9.17) is 9.47 Å². The van der Waals surface area contributed by atoms with Gasteiger partial charge in [-0.2, -0.15) is 0 Å². The second-order valence-electron chi connectivity index (χ2n) is 6.34. The standard InChI is InChI=1S/C21H21NO4/c1-13-9-14(2)11-16(10-13)26-15(3)20(23)22-12-18(21(24)25-4)17-7-5-6-8-19(17)22/h5-12,15H,1-4H3/t15-/m0/s1. The van der Waals surface area contributed by atoms with E-state index in [0.717, 1.165) is 11.1 Å². The molecule has 0 saturated carbocycles. The third-order valence-electron chi connectivity index (χ3n) is 4.21. The number of carbonyl (C=O) groups excluding carboxylic acids is 2. The number of esters is 1. The summed E-state index contributed by atoms with van der Waals surface area (Å²) in [6.45, 7) is 5.66. The largest absolute Gasteiger partial charge is 0.481 e. The Morgan fingerprint density at radius 2 is 1.69 bits per heavy atom. The lowest BCUT2D eigenvalue weighted by atomic mass is 10.1. The lowest BCUT2D eigenvalue weighted by Gasteiger charge is -2.15. The summed E-state index contributed by atoms with van der Waals surface area (Å²) in [5.41, 5.74) is 3.14. The van der Waals surface area contributed by atoms with Crippen molar-refractivity contribution in [1.82, 2.24) is 4.57 Å². The number of carbonyl (C=O) groups is 2. The number of aryl methyl sites for hydroxylation is 2. The minimum absolute atomic E-state index is 0.254. The fourth-order valence-electron chi connectivity index (χ4n) is 3.09. The SMILES string of the molecule is COC(=O)c1cn(C(=O)[C@H](C)Oc2cc(C)cc(C)c2)c2ccccc12. The monoisotopic (exact) mass is 351 g/mol. The Morgan fingerprint density at radius 3 is 2.35 bits per heavy atom. The molecule has 134 valence electrons. The third kappa shape index (κ3) is 3.33. The van der Waals surface area contributed by atoms with Crippen LogP contribution in [-0.2, 0) is 4.74 Å². The number of hydrogen-bond acceptors (Lipinski definition) is 4. The Kier molecular flexibility index (Phi) is 4.80. The first-order valence-corrected chi connectivity index (χ1v) is 8.38. The van der Waals surface area contributed by atoms with E-state index in [2.05, 4.69) is 0 Å². The van der Waals surface area contributed by atoms with E-state index in [1.54, 1.807) is 19.1 Å². The molecule has 3 rings (SSSR count). The summed E-state index contributed by atoms with van der Waals surface area (Å²) in [4.78, 5) is 25.0. The smallest absolute Gasteiger partial charge is 0.340 e. The van der Waals surface area contributed by atoms with E-state index in [0.29, 0.717) is 22.2 Å². The highest BCUT2D eigenvalue weighted by atomic mass is 16.5. The molecule has 0 amide bonds. The second kappa shape index (κ2) is 7.04. The molecule has 0 unspecified atom stereocenters. The molecule has 0 saturated heterocycles. The first-order valence-electron chi connectivity index (χ1n) is 8.38. The Balaban J connectivity index is 1.95. The van der Waals surface area contributed by atoms with Crippen LogP contribution in [0.3, 0.4) is 0 Å². The van der Waals surface area contributed by atoms with Crippen LogP contribution in [-0.4, -0.2) is 29.7 Å². The molecule has 1 atom stereocenters. The maximum atomic E-state index is 12.9. The highest BCUT2D eigenvalue weighted by molar-refractivity contribution is 6.07. The number of ether oxygens (including phenoxy) is 2. The lowest BCUT2D eigenvalue weighted by Crippen LogP contribution is -2.28. The van der Waals surface area contributed by atoms with Crippen LogP contribution in [0.1, 0.15) is 33.2 Å². The van der Waals surface area contributed by atoms with E-state index in [1.807, 2.05) is 44.2 Å². The van der Waals surface area contributed by atoms with E-state index < -0.39 is 12.1 Å².